The van der Waals surface area contributed by atoms with Crippen molar-refractivity contribution in [2.45, 2.75) is 45.1 Å². The van der Waals surface area contributed by atoms with Crippen LogP contribution < -0.4 is 15.7 Å². The van der Waals surface area contributed by atoms with E-state index in [1.165, 1.54) is 32.1 Å². The van der Waals surface area contributed by atoms with Crippen LogP contribution in [0.2, 0.25) is 0 Å². The van der Waals surface area contributed by atoms with E-state index in [1.54, 1.807) is 0 Å². The minimum absolute atomic E-state index is 0.265. The van der Waals surface area contributed by atoms with E-state index in [4.69, 9.17) is 0 Å². The predicted octanol–water partition coefficient (Wildman–Crippen LogP) is 4.47. The summed E-state index contributed by atoms with van der Waals surface area (Å²) in [5.74, 6) is 0.629. The summed E-state index contributed by atoms with van der Waals surface area (Å²) in [7, 11) is -2.80. The smallest absolute Gasteiger partial charge is 0.204 e. The van der Waals surface area contributed by atoms with E-state index in [-0.39, 0.29) is 6.04 Å². The zero-order valence-electron chi connectivity index (χ0n) is 13.8. The Kier molecular flexibility index (Phi) is 5.35. The van der Waals surface area contributed by atoms with Gasteiger partial charge in [-0.1, -0.05) is 55.7 Å². The van der Waals surface area contributed by atoms with Crippen molar-refractivity contribution in [2.75, 3.05) is 0 Å². The summed E-state index contributed by atoms with van der Waals surface area (Å²) in [5, 5.41) is 5.35. The second-order valence-corrected chi connectivity index (χ2v) is 9.11. The molecule has 0 aromatic heterocycles. The van der Waals surface area contributed by atoms with E-state index in [2.05, 4.69) is 12.0 Å². The van der Waals surface area contributed by atoms with E-state index in [9.17, 15) is 4.57 Å². The highest BCUT2D eigenvalue weighted by Crippen LogP contribution is 2.41. The molecule has 0 spiro atoms. The van der Waals surface area contributed by atoms with Gasteiger partial charge in [0.1, 0.15) is 0 Å². The molecule has 1 aliphatic rings. The number of hydrogen-bond donors (Lipinski definition) is 1. The molecule has 1 aliphatic carbocycles. The minimum atomic E-state index is -2.80. The summed E-state index contributed by atoms with van der Waals surface area (Å²) in [6.45, 7) is 2.20. The normalized spacial score (nSPS) is 17.8. The van der Waals surface area contributed by atoms with Crippen molar-refractivity contribution >= 4 is 17.9 Å². The van der Waals surface area contributed by atoms with Crippen molar-refractivity contribution in [3.8, 4) is 0 Å². The van der Waals surface area contributed by atoms with Crippen molar-refractivity contribution in [3.63, 3.8) is 0 Å². The molecule has 0 radical (unpaired) electrons. The average molecular weight is 327 g/mol. The molecule has 1 fully saturated rings. The third kappa shape index (κ3) is 3.76. The lowest BCUT2D eigenvalue weighted by molar-refractivity contribution is 0.303. The molecule has 0 heterocycles. The highest BCUT2D eigenvalue weighted by molar-refractivity contribution is 7.76. The molecule has 0 saturated heterocycles. The van der Waals surface area contributed by atoms with Crippen LogP contribution in [0.5, 0.6) is 0 Å². The van der Waals surface area contributed by atoms with Gasteiger partial charge in [-0.2, -0.15) is 0 Å². The number of nitrogens with one attached hydrogen (secondary N) is 1. The van der Waals surface area contributed by atoms with Crippen LogP contribution in [0.1, 0.15) is 39.0 Å². The van der Waals surface area contributed by atoms with Gasteiger partial charge in [0, 0.05) is 16.7 Å². The Morgan fingerprint density at radius 2 is 1.35 bits per heavy atom. The van der Waals surface area contributed by atoms with Crippen LogP contribution in [0.4, 0.5) is 0 Å². The molecular weight excluding hydrogens is 301 g/mol. The predicted molar refractivity (Wildman–Crippen MR) is 98.9 cm³/mol. The summed E-state index contributed by atoms with van der Waals surface area (Å²) in [5.41, 5.74) is 0. The lowest BCUT2D eigenvalue weighted by Gasteiger charge is -2.32. The summed E-state index contributed by atoms with van der Waals surface area (Å²) in [6, 6.07) is 20.0. The van der Waals surface area contributed by atoms with Gasteiger partial charge in [0.25, 0.3) is 0 Å². The van der Waals surface area contributed by atoms with Crippen molar-refractivity contribution in [3.05, 3.63) is 60.7 Å². The second kappa shape index (κ2) is 7.47. The van der Waals surface area contributed by atoms with Crippen molar-refractivity contribution in [2.24, 2.45) is 5.92 Å². The molecule has 1 saturated carbocycles. The third-order valence-electron chi connectivity index (χ3n) is 4.98. The molecule has 1 unspecified atom stereocenters. The SMILES string of the molecule is CC(NP(=O)(c1ccccc1)c1ccccc1)C1CCCCC1. The van der Waals surface area contributed by atoms with Gasteiger partial charge in [0.05, 0.1) is 0 Å². The monoisotopic (exact) mass is 327 g/mol. The Balaban J connectivity index is 1.91. The first-order valence-corrected chi connectivity index (χ1v) is 10.4. The third-order valence-corrected chi connectivity index (χ3v) is 7.80. The highest BCUT2D eigenvalue weighted by atomic mass is 31.2. The van der Waals surface area contributed by atoms with Crippen LogP contribution in [0.25, 0.3) is 0 Å². The van der Waals surface area contributed by atoms with E-state index >= 15 is 0 Å². The zero-order valence-corrected chi connectivity index (χ0v) is 14.7. The summed E-state index contributed by atoms with van der Waals surface area (Å²) < 4.78 is 14.0. The van der Waals surface area contributed by atoms with Gasteiger partial charge in [-0.05, 0) is 49.9 Å². The lowest BCUT2D eigenvalue weighted by atomic mass is 9.85. The molecule has 3 heteroatoms. The first kappa shape index (κ1) is 16.5. The molecule has 2 nitrogen and oxygen atoms in total. The second-order valence-electron chi connectivity index (χ2n) is 6.60. The fourth-order valence-corrected chi connectivity index (χ4v) is 6.16. The summed E-state index contributed by atoms with van der Waals surface area (Å²) in [6.07, 6.45) is 6.45. The van der Waals surface area contributed by atoms with Crippen LogP contribution >= 0.6 is 7.29 Å². The van der Waals surface area contributed by atoms with Gasteiger partial charge in [-0.15, -0.1) is 0 Å². The van der Waals surface area contributed by atoms with Gasteiger partial charge in [-0.25, -0.2) is 0 Å². The molecular formula is C20H26NOP. The fraction of sp³-hybridized carbons (Fsp3) is 0.400. The molecule has 2 aromatic rings. The van der Waals surface area contributed by atoms with E-state index < -0.39 is 7.29 Å². The van der Waals surface area contributed by atoms with Crippen LogP contribution in [-0.2, 0) is 4.57 Å². The molecule has 3 rings (SSSR count). The standard InChI is InChI=1S/C20H26NOP/c1-17(18-11-5-2-6-12-18)21-23(22,19-13-7-3-8-14-19)20-15-9-4-10-16-20/h3-4,7-10,13-18H,2,5-6,11-12H2,1H3,(H,21,22). The molecule has 0 aliphatic heterocycles. The quantitative estimate of drug-likeness (QED) is 0.821. The first-order chi connectivity index (χ1) is 11.2. The molecule has 0 bridgehead atoms. The Morgan fingerprint density at radius 3 is 1.83 bits per heavy atom. The Morgan fingerprint density at radius 1 is 0.870 bits per heavy atom. The Bertz CT molecular complexity index is 606. The minimum Gasteiger partial charge on any atom is -0.297 e. The molecule has 1 N–H and O–H groups in total. The van der Waals surface area contributed by atoms with Gasteiger partial charge < -0.3 is 0 Å². The largest absolute Gasteiger partial charge is 0.297 e. The van der Waals surface area contributed by atoms with Crippen molar-refractivity contribution < 1.29 is 4.57 Å². The fourth-order valence-electron chi connectivity index (χ4n) is 3.60. The molecule has 122 valence electrons. The van der Waals surface area contributed by atoms with Crippen LogP contribution in [-0.4, -0.2) is 6.04 Å². The topological polar surface area (TPSA) is 29.1 Å². The molecule has 23 heavy (non-hydrogen) atoms. The van der Waals surface area contributed by atoms with E-state index in [1.807, 2.05) is 60.7 Å². The molecule has 1 atom stereocenters. The van der Waals surface area contributed by atoms with Gasteiger partial charge >= 0.3 is 0 Å². The van der Waals surface area contributed by atoms with Gasteiger partial charge in [0.15, 0.2) is 0 Å². The molecule has 0 amide bonds. The maximum absolute atomic E-state index is 14.0. The van der Waals surface area contributed by atoms with Crippen LogP contribution in [0, 0.1) is 5.92 Å². The summed E-state index contributed by atoms with van der Waals surface area (Å²) in [4.78, 5) is 0. The van der Waals surface area contributed by atoms with Gasteiger partial charge in [0.2, 0.25) is 7.29 Å². The maximum Gasteiger partial charge on any atom is 0.204 e. The van der Waals surface area contributed by atoms with Crippen molar-refractivity contribution in [1.29, 1.82) is 0 Å². The zero-order chi connectivity index (χ0) is 16.1. The van der Waals surface area contributed by atoms with Gasteiger partial charge in [-0.3, -0.25) is 9.65 Å². The average Bonchev–Trinajstić information content (AvgIpc) is 2.64. The van der Waals surface area contributed by atoms with Crippen LogP contribution in [0.15, 0.2) is 60.7 Å². The van der Waals surface area contributed by atoms with E-state index in [0.717, 1.165) is 10.6 Å². The van der Waals surface area contributed by atoms with Crippen molar-refractivity contribution in [1.82, 2.24) is 5.09 Å². The number of hydrogen-bond acceptors (Lipinski definition) is 1. The highest BCUT2D eigenvalue weighted by Gasteiger charge is 2.31. The Hall–Kier alpha value is -1.37. The first-order valence-electron chi connectivity index (χ1n) is 8.69. The number of rotatable bonds is 5. The Labute approximate surface area is 139 Å². The summed E-state index contributed by atoms with van der Waals surface area (Å²) >= 11 is 0. The van der Waals surface area contributed by atoms with E-state index in [0.29, 0.717) is 5.92 Å². The lowest BCUT2D eigenvalue weighted by Crippen LogP contribution is -2.38. The maximum atomic E-state index is 14.0. The number of benzene rings is 2. The molecule has 2 aromatic carbocycles. The van der Waals surface area contributed by atoms with Crippen LogP contribution in [0.3, 0.4) is 0 Å².